The Morgan fingerprint density at radius 3 is 1.79 bits per heavy atom. The van der Waals surface area contributed by atoms with Gasteiger partial charge in [-0.1, -0.05) is 27.7 Å². The minimum atomic E-state index is -0.500. The summed E-state index contributed by atoms with van der Waals surface area (Å²) >= 11 is 0. The van der Waals surface area contributed by atoms with Crippen LogP contribution in [-0.4, -0.2) is 29.1 Å². The molecule has 0 aliphatic carbocycles. The van der Waals surface area contributed by atoms with Gasteiger partial charge in [-0.3, -0.25) is 10.1 Å². The van der Waals surface area contributed by atoms with Crippen molar-refractivity contribution in [2.75, 3.05) is 13.1 Å². The first-order chi connectivity index (χ1) is 6.62. The van der Waals surface area contributed by atoms with Crippen molar-refractivity contribution < 1.29 is 4.92 Å². The topological polar surface area (TPSA) is 46.4 Å². The van der Waals surface area contributed by atoms with E-state index < -0.39 is 6.17 Å². The number of nitrogens with zero attached hydrogens (tertiary/aromatic N) is 2. The van der Waals surface area contributed by atoms with Crippen LogP contribution in [-0.2, 0) is 0 Å². The Hall–Kier alpha value is -0.640. The summed E-state index contributed by atoms with van der Waals surface area (Å²) in [6, 6.07) is 0. The zero-order valence-corrected chi connectivity index (χ0v) is 9.69. The van der Waals surface area contributed by atoms with Crippen molar-refractivity contribution in [2.24, 2.45) is 5.92 Å². The van der Waals surface area contributed by atoms with Crippen LogP contribution < -0.4 is 0 Å². The Labute approximate surface area is 86.4 Å². The summed E-state index contributed by atoms with van der Waals surface area (Å²) in [5.41, 5.74) is 0. The maximum Gasteiger partial charge on any atom is 0.271 e. The quantitative estimate of drug-likeness (QED) is 0.362. The van der Waals surface area contributed by atoms with Gasteiger partial charge in [-0.25, -0.2) is 4.90 Å². The van der Waals surface area contributed by atoms with Crippen molar-refractivity contribution >= 4 is 0 Å². The molecule has 0 rings (SSSR count). The molecule has 0 N–H and O–H groups in total. The summed E-state index contributed by atoms with van der Waals surface area (Å²) in [4.78, 5) is 12.8. The molecule has 0 aromatic carbocycles. The van der Waals surface area contributed by atoms with E-state index in [1.54, 1.807) is 0 Å². The van der Waals surface area contributed by atoms with Gasteiger partial charge in [-0.15, -0.1) is 0 Å². The third kappa shape index (κ3) is 3.25. The second-order valence-electron chi connectivity index (χ2n) is 3.50. The molecule has 14 heavy (non-hydrogen) atoms. The molecule has 0 spiro atoms. The zero-order chi connectivity index (χ0) is 11.1. The maximum atomic E-state index is 11.0. The molecule has 0 saturated heterocycles. The van der Waals surface area contributed by atoms with E-state index in [1.165, 1.54) is 0 Å². The molecule has 4 heteroatoms. The Kier molecular flexibility index (Phi) is 6.45. The Morgan fingerprint density at radius 1 is 1.14 bits per heavy atom. The first-order valence-electron chi connectivity index (χ1n) is 5.49. The fraction of sp³-hybridized carbons (Fsp3) is 1.00. The van der Waals surface area contributed by atoms with Gasteiger partial charge in [0.25, 0.3) is 6.17 Å². The number of hydrogen-bond acceptors (Lipinski definition) is 3. The van der Waals surface area contributed by atoms with E-state index in [0.29, 0.717) is 0 Å². The molecule has 84 valence electrons. The molecule has 0 aromatic rings. The minimum absolute atomic E-state index is 0.134. The van der Waals surface area contributed by atoms with E-state index in [-0.39, 0.29) is 10.8 Å². The number of nitro groups is 1. The molecule has 0 aliphatic rings. The lowest BCUT2D eigenvalue weighted by Crippen LogP contribution is -2.45. The molecular formula is C10H22N2O2. The van der Waals surface area contributed by atoms with Crippen LogP contribution in [0.3, 0.4) is 0 Å². The average Bonchev–Trinajstić information content (AvgIpc) is 2.18. The molecule has 0 fully saturated rings. The lowest BCUT2D eigenvalue weighted by atomic mass is 9.99. The highest BCUT2D eigenvalue weighted by atomic mass is 16.6. The Morgan fingerprint density at radius 2 is 1.57 bits per heavy atom. The van der Waals surface area contributed by atoms with Crippen molar-refractivity contribution in [3.63, 3.8) is 0 Å². The summed E-state index contributed by atoms with van der Waals surface area (Å²) in [6.45, 7) is 9.49. The molecule has 1 unspecified atom stereocenters. The molecule has 0 aromatic heterocycles. The molecule has 0 bridgehead atoms. The van der Waals surface area contributed by atoms with E-state index in [1.807, 2.05) is 32.6 Å². The molecule has 0 aliphatic heterocycles. The van der Waals surface area contributed by atoms with Crippen LogP contribution in [0.1, 0.15) is 40.5 Å². The lowest BCUT2D eigenvalue weighted by Gasteiger charge is -2.27. The van der Waals surface area contributed by atoms with Crippen LogP contribution in [0.4, 0.5) is 0 Å². The highest BCUT2D eigenvalue weighted by Crippen LogP contribution is 2.18. The molecule has 0 radical (unpaired) electrons. The second-order valence-corrected chi connectivity index (χ2v) is 3.50. The predicted octanol–water partition coefficient (Wildman–Crippen LogP) is 2.37. The molecule has 0 heterocycles. The van der Waals surface area contributed by atoms with Gasteiger partial charge in [-0.2, -0.15) is 0 Å². The first-order valence-corrected chi connectivity index (χ1v) is 5.49. The monoisotopic (exact) mass is 202 g/mol. The van der Waals surface area contributed by atoms with Gasteiger partial charge in [0.05, 0.1) is 0 Å². The summed E-state index contributed by atoms with van der Waals surface area (Å²) in [5.74, 6) is 0.171. The molecule has 0 saturated carbocycles. The largest absolute Gasteiger partial charge is 0.271 e. The van der Waals surface area contributed by atoms with Gasteiger partial charge in [0.15, 0.2) is 0 Å². The van der Waals surface area contributed by atoms with E-state index in [2.05, 4.69) is 0 Å². The van der Waals surface area contributed by atoms with Gasteiger partial charge in [0.1, 0.15) is 0 Å². The van der Waals surface area contributed by atoms with Crippen molar-refractivity contribution in [2.45, 2.75) is 46.7 Å². The summed E-state index contributed by atoms with van der Waals surface area (Å²) in [7, 11) is 0. The summed E-state index contributed by atoms with van der Waals surface area (Å²) in [5, 5.41) is 11.0. The van der Waals surface area contributed by atoms with Crippen LogP contribution in [0.5, 0.6) is 0 Å². The van der Waals surface area contributed by atoms with Gasteiger partial charge in [0.2, 0.25) is 0 Å². The van der Waals surface area contributed by atoms with E-state index >= 15 is 0 Å². The van der Waals surface area contributed by atoms with Crippen LogP contribution >= 0.6 is 0 Å². The minimum Gasteiger partial charge on any atom is -0.263 e. The van der Waals surface area contributed by atoms with E-state index in [4.69, 9.17) is 0 Å². The third-order valence-corrected chi connectivity index (χ3v) is 2.87. The van der Waals surface area contributed by atoms with Crippen LogP contribution in [0.2, 0.25) is 0 Å². The highest BCUT2D eigenvalue weighted by molar-refractivity contribution is 4.68. The van der Waals surface area contributed by atoms with Crippen molar-refractivity contribution in [3.05, 3.63) is 10.1 Å². The van der Waals surface area contributed by atoms with Crippen LogP contribution in [0.25, 0.3) is 0 Å². The zero-order valence-electron chi connectivity index (χ0n) is 9.69. The van der Waals surface area contributed by atoms with Gasteiger partial charge in [-0.05, 0) is 12.8 Å². The first kappa shape index (κ1) is 13.4. The third-order valence-electron chi connectivity index (χ3n) is 2.87. The SMILES string of the molecule is CCC(CC)C(N(CC)CC)[N+](=O)[O-]. The number of hydrogen-bond donors (Lipinski definition) is 0. The van der Waals surface area contributed by atoms with E-state index in [0.717, 1.165) is 25.9 Å². The van der Waals surface area contributed by atoms with Crippen molar-refractivity contribution in [3.8, 4) is 0 Å². The van der Waals surface area contributed by atoms with Crippen molar-refractivity contribution in [1.29, 1.82) is 0 Å². The Balaban J connectivity index is 4.62. The molecule has 1 atom stereocenters. The maximum absolute atomic E-state index is 11.0. The van der Waals surface area contributed by atoms with Gasteiger partial charge < -0.3 is 0 Å². The Bertz CT molecular complexity index is 154. The molecule has 0 amide bonds. The standard InChI is InChI=1S/C10H22N2O2/c1-5-9(6-2)10(12(13)14)11(7-3)8-4/h9-10H,5-8H2,1-4H3. The van der Waals surface area contributed by atoms with Crippen molar-refractivity contribution in [1.82, 2.24) is 4.90 Å². The van der Waals surface area contributed by atoms with E-state index in [9.17, 15) is 10.1 Å². The summed E-state index contributed by atoms with van der Waals surface area (Å²) < 4.78 is 0. The molecular weight excluding hydrogens is 180 g/mol. The predicted molar refractivity (Wildman–Crippen MR) is 57.8 cm³/mol. The smallest absolute Gasteiger partial charge is 0.263 e. The summed E-state index contributed by atoms with van der Waals surface area (Å²) in [6.07, 6.45) is 1.25. The second kappa shape index (κ2) is 6.76. The lowest BCUT2D eigenvalue weighted by molar-refractivity contribution is -0.561. The van der Waals surface area contributed by atoms with Crippen LogP contribution in [0.15, 0.2) is 0 Å². The highest BCUT2D eigenvalue weighted by Gasteiger charge is 2.33. The fourth-order valence-electron chi connectivity index (χ4n) is 1.91. The average molecular weight is 202 g/mol. The van der Waals surface area contributed by atoms with Gasteiger partial charge >= 0.3 is 0 Å². The molecule has 4 nitrogen and oxygen atoms in total. The van der Waals surface area contributed by atoms with Crippen LogP contribution in [0, 0.1) is 16.0 Å². The fourth-order valence-corrected chi connectivity index (χ4v) is 1.91. The van der Waals surface area contributed by atoms with Gasteiger partial charge in [0, 0.05) is 23.9 Å². The normalized spacial score (nSPS) is 13.6. The number of rotatable bonds is 7.